The van der Waals surface area contributed by atoms with Crippen molar-refractivity contribution >= 4 is 5.78 Å². The number of hydrogen-bond acceptors (Lipinski definition) is 2. The van der Waals surface area contributed by atoms with Gasteiger partial charge in [-0.25, -0.2) is 0 Å². The van der Waals surface area contributed by atoms with Gasteiger partial charge in [0.1, 0.15) is 5.69 Å². The maximum Gasteiger partial charge on any atom is 0.181 e. The number of ketones is 1. The molecule has 0 radical (unpaired) electrons. The zero-order chi connectivity index (χ0) is 9.26. The van der Waals surface area contributed by atoms with Gasteiger partial charge in [-0.05, 0) is 36.5 Å². The molecule has 0 saturated carbocycles. The summed E-state index contributed by atoms with van der Waals surface area (Å²) in [6.45, 7) is 2.12. The van der Waals surface area contributed by atoms with Gasteiger partial charge in [-0.2, -0.15) is 0 Å². The van der Waals surface area contributed by atoms with Crippen molar-refractivity contribution in [3.05, 3.63) is 29.1 Å². The molecule has 0 spiro atoms. The number of carbonyl (C=O) groups is 1. The highest BCUT2D eigenvalue weighted by Gasteiger charge is 2.19. The van der Waals surface area contributed by atoms with Crippen LogP contribution in [0.25, 0.3) is 0 Å². The van der Waals surface area contributed by atoms with Crippen LogP contribution in [0.15, 0.2) is 12.3 Å². The second kappa shape index (κ2) is 3.29. The first-order valence-corrected chi connectivity index (χ1v) is 4.83. The fourth-order valence-corrected chi connectivity index (χ4v) is 1.93. The summed E-state index contributed by atoms with van der Waals surface area (Å²) in [7, 11) is 0. The van der Waals surface area contributed by atoms with Crippen molar-refractivity contribution in [2.45, 2.75) is 32.6 Å². The molecule has 1 aromatic rings. The summed E-state index contributed by atoms with van der Waals surface area (Å²) in [5, 5.41) is 0. The molecule has 2 rings (SSSR count). The van der Waals surface area contributed by atoms with Crippen LogP contribution in [0.3, 0.4) is 0 Å². The van der Waals surface area contributed by atoms with Crippen LogP contribution in [0.5, 0.6) is 0 Å². The van der Waals surface area contributed by atoms with Crippen LogP contribution < -0.4 is 0 Å². The molecule has 0 N–H and O–H groups in total. The summed E-state index contributed by atoms with van der Waals surface area (Å²) in [6, 6.07) is 2.03. The molecule has 0 atom stereocenters. The Morgan fingerprint density at radius 3 is 3.08 bits per heavy atom. The van der Waals surface area contributed by atoms with Gasteiger partial charge >= 0.3 is 0 Å². The molecule has 0 aliphatic heterocycles. The molecule has 2 nitrogen and oxygen atoms in total. The van der Waals surface area contributed by atoms with Gasteiger partial charge in [0, 0.05) is 12.6 Å². The van der Waals surface area contributed by atoms with Gasteiger partial charge in [-0.15, -0.1) is 0 Å². The number of aromatic nitrogens is 1. The molecular weight excluding hydrogens is 162 g/mol. The van der Waals surface area contributed by atoms with Crippen molar-refractivity contribution in [3.8, 4) is 0 Å². The first-order chi connectivity index (χ1) is 6.33. The minimum atomic E-state index is 0.219. The van der Waals surface area contributed by atoms with Crippen LogP contribution in [0.4, 0.5) is 0 Å². The van der Waals surface area contributed by atoms with Crippen molar-refractivity contribution in [2.24, 2.45) is 0 Å². The lowest BCUT2D eigenvalue weighted by Crippen LogP contribution is -2.14. The van der Waals surface area contributed by atoms with E-state index in [1.807, 2.05) is 6.07 Å². The Morgan fingerprint density at radius 1 is 1.46 bits per heavy atom. The molecule has 0 amide bonds. The summed E-state index contributed by atoms with van der Waals surface area (Å²) in [5.74, 6) is 0.219. The van der Waals surface area contributed by atoms with Crippen LogP contribution in [-0.2, 0) is 12.8 Å². The first kappa shape index (κ1) is 8.42. The van der Waals surface area contributed by atoms with Gasteiger partial charge in [-0.3, -0.25) is 9.78 Å². The fourth-order valence-electron chi connectivity index (χ4n) is 1.93. The van der Waals surface area contributed by atoms with E-state index in [0.717, 1.165) is 25.0 Å². The lowest BCUT2D eigenvalue weighted by atomic mass is 9.91. The van der Waals surface area contributed by atoms with Crippen molar-refractivity contribution in [3.63, 3.8) is 0 Å². The summed E-state index contributed by atoms with van der Waals surface area (Å²) in [4.78, 5) is 15.7. The number of hydrogen-bond donors (Lipinski definition) is 0. The van der Waals surface area contributed by atoms with E-state index in [4.69, 9.17) is 0 Å². The molecule has 0 fully saturated rings. The number of nitrogens with zero attached hydrogens (tertiary/aromatic N) is 1. The SMILES string of the molecule is CCc1ccnc2c1CCCC2=O. The van der Waals surface area contributed by atoms with E-state index in [1.54, 1.807) is 6.20 Å². The Kier molecular flexibility index (Phi) is 2.13. The molecule has 1 heterocycles. The lowest BCUT2D eigenvalue weighted by Gasteiger charge is -2.16. The van der Waals surface area contributed by atoms with E-state index >= 15 is 0 Å². The molecule has 1 aromatic heterocycles. The van der Waals surface area contributed by atoms with Crippen molar-refractivity contribution in [1.29, 1.82) is 0 Å². The molecule has 0 saturated heterocycles. The smallest absolute Gasteiger partial charge is 0.181 e. The molecular formula is C11H13NO. The zero-order valence-electron chi connectivity index (χ0n) is 7.84. The second-order valence-corrected chi connectivity index (χ2v) is 3.43. The van der Waals surface area contributed by atoms with E-state index in [0.29, 0.717) is 6.42 Å². The Morgan fingerprint density at radius 2 is 2.31 bits per heavy atom. The zero-order valence-corrected chi connectivity index (χ0v) is 7.84. The van der Waals surface area contributed by atoms with Gasteiger partial charge in [0.15, 0.2) is 5.78 Å². The predicted molar refractivity (Wildman–Crippen MR) is 50.9 cm³/mol. The van der Waals surface area contributed by atoms with E-state index < -0.39 is 0 Å². The van der Waals surface area contributed by atoms with Gasteiger partial charge in [0.05, 0.1) is 0 Å². The topological polar surface area (TPSA) is 30.0 Å². The van der Waals surface area contributed by atoms with Gasteiger partial charge in [-0.1, -0.05) is 6.92 Å². The molecule has 68 valence electrons. The van der Waals surface area contributed by atoms with Gasteiger partial charge in [0.25, 0.3) is 0 Å². The van der Waals surface area contributed by atoms with Crippen molar-refractivity contribution in [2.75, 3.05) is 0 Å². The minimum absolute atomic E-state index is 0.219. The van der Waals surface area contributed by atoms with Crippen LogP contribution in [-0.4, -0.2) is 10.8 Å². The monoisotopic (exact) mass is 175 g/mol. The average Bonchev–Trinajstić information content (AvgIpc) is 2.18. The fraction of sp³-hybridized carbons (Fsp3) is 0.455. The van der Waals surface area contributed by atoms with Crippen LogP contribution in [0.1, 0.15) is 41.4 Å². The molecule has 0 aromatic carbocycles. The third-order valence-corrected chi connectivity index (χ3v) is 2.63. The largest absolute Gasteiger partial charge is 0.292 e. The number of pyridine rings is 1. The summed E-state index contributed by atoms with van der Waals surface area (Å²) in [6.07, 6.45) is 5.44. The van der Waals surface area contributed by atoms with Gasteiger partial charge in [0.2, 0.25) is 0 Å². The Bertz CT molecular complexity index is 344. The second-order valence-electron chi connectivity index (χ2n) is 3.43. The number of carbonyl (C=O) groups excluding carboxylic acids is 1. The van der Waals surface area contributed by atoms with Crippen molar-refractivity contribution < 1.29 is 4.79 Å². The highest BCUT2D eigenvalue weighted by molar-refractivity contribution is 5.96. The number of fused-ring (bicyclic) bond motifs is 1. The van der Waals surface area contributed by atoms with E-state index in [1.165, 1.54) is 11.1 Å². The average molecular weight is 175 g/mol. The van der Waals surface area contributed by atoms with Crippen LogP contribution in [0, 0.1) is 0 Å². The van der Waals surface area contributed by atoms with E-state index in [9.17, 15) is 4.79 Å². The standard InChI is InChI=1S/C11H13NO/c1-2-8-6-7-12-11-9(8)4-3-5-10(11)13/h6-7H,2-5H2,1H3. The summed E-state index contributed by atoms with van der Waals surface area (Å²) >= 11 is 0. The highest BCUT2D eigenvalue weighted by atomic mass is 16.1. The molecule has 13 heavy (non-hydrogen) atoms. The number of rotatable bonds is 1. The molecule has 0 bridgehead atoms. The molecule has 0 unspecified atom stereocenters. The third kappa shape index (κ3) is 1.37. The first-order valence-electron chi connectivity index (χ1n) is 4.83. The quantitative estimate of drug-likeness (QED) is 0.654. The number of Topliss-reactive ketones (excluding diaryl/α,β-unsaturated/α-hetero) is 1. The summed E-state index contributed by atoms with van der Waals surface area (Å²) in [5.41, 5.74) is 3.21. The van der Waals surface area contributed by atoms with Crippen LogP contribution in [0.2, 0.25) is 0 Å². The maximum atomic E-state index is 11.5. The molecule has 2 heteroatoms. The summed E-state index contributed by atoms with van der Waals surface area (Å²) < 4.78 is 0. The maximum absolute atomic E-state index is 11.5. The van der Waals surface area contributed by atoms with Crippen LogP contribution >= 0.6 is 0 Å². The van der Waals surface area contributed by atoms with E-state index in [2.05, 4.69) is 11.9 Å². The third-order valence-electron chi connectivity index (χ3n) is 2.63. The van der Waals surface area contributed by atoms with Gasteiger partial charge < -0.3 is 0 Å². The predicted octanol–water partition coefficient (Wildman–Crippen LogP) is 2.16. The Labute approximate surface area is 78.0 Å². The minimum Gasteiger partial charge on any atom is -0.292 e. The normalized spacial score (nSPS) is 15.6. The molecule has 1 aliphatic rings. The Hall–Kier alpha value is -1.18. The van der Waals surface area contributed by atoms with E-state index in [-0.39, 0.29) is 5.78 Å². The number of aryl methyl sites for hydroxylation is 1. The molecule has 1 aliphatic carbocycles. The highest BCUT2D eigenvalue weighted by Crippen LogP contribution is 2.22. The Balaban J connectivity index is 2.54. The lowest BCUT2D eigenvalue weighted by molar-refractivity contribution is 0.0967. The van der Waals surface area contributed by atoms with Crippen molar-refractivity contribution in [1.82, 2.24) is 4.98 Å².